The zero-order valence-corrected chi connectivity index (χ0v) is 10.2. The summed E-state index contributed by atoms with van der Waals surface area (Å²) >= 11 is 0. The number of benzene rings is 1. The Labute approximate surface area is 107 Å². The van der Waals surface area contributed by atoms with E-state index in [-0.39, 0.29) is 23.5 Å². The van der Waals surface area contributed by atoms with E-state index in [1.165, 1.54) is 6.07 Å². The topological polar surface area (TPSA) is 77.8 Å². The molecule has 0 radical (unpaired) electrons. The van der Waals surface area contributed by atoms with Crippen molar-refractivity contribution in [1.82, 2.24) is 4.57 Å². The highest BCUT2D eigenvalue weighted by atomic mass is 16.7. The maximum absolute atomic E-state index is 11.9. The summed E-state index contributed by atoms with van der Waals surface area (Å²) < 4.78 is 12.1. The number of rotatable bonds is 2. The van der Waals surface area contributed by atoms with Gasteiger partial charge in [-0.25, -0.2) is 4.79 Å². The van der Waals surface area contributed by atoms with Gasteiger partial charge in [-0.3, -0.25) is 4.79 Å². The van der Waals surface area contributed by atoms with Crippen LogP contribution in [0, 0.1) is 0 Å². The maximum Gasteiger partial charge on any atom is 0.341 e. The van der Waals surface area contributed by atoms with Crippen LogP contribution < -0.4 is 14.9 Å². The summed E-state index contributed by atoms with van der Waals surface area (Å²) in [5.41, 5.74) is 0.108. The Balaban J connectivity index is 2.55. The SMILES string of the molecule is CCn1ccc(=O)c2cc3c(c(C(=O)O)c21)OCO3. The van der Waals surface area contributed by atoms with Gasteiger partial charge in [0.15, 0.2) is 16.9 Å². The third kappa shape index (κ3) is 1.56. The molecular weight excluding hydrogens is 250 g/mol. The molecule has 1 aromatic carbocycles. The van der Waals surface area contributed by atoms with E-state index in [1.54, 1.807) is 16.8 Å². The highest BCUT2D eigenvalue weighted by Gasteiger charge is 2.27. The van der Waals surface area contributed by atoms with E-state index in [4.69, 9.17) is 9.47 Å². The molecule has 0 aliphatic carbocycles. The van der Waals surface area contributed by atoms with Gasteiger partial charge in [0.05, 0.1) is 10.9 Å². The molecule has 0 bridgehead atoms. The number of ether oxygens (including phenoxy) is 2. The van der Waals surface area contributed by atoms with Crippen LogP contribution in [0.5, 0.6) is 11.5 Å². The van der Waals surface area contributed by atoms with Crippen LogP contribution in [-0.2, 0) is 6.54 Å². The van der Waals surface area contributed by atoms with Crippen LogP contribution in [0.3, 0.4) is 0 Å². The fraction of sp³-hybridized carbons (Fsp3) is 0.231. The minimum Gasteiger partial charge on any atom is -0.477 e. The van der Waals surface area contributed by atoms with Crippen molar-refractivity contribution in [2.45, 2.75) is 13.5 Å². The number of aromatic carboxylic acids is 1. The van der Waals surface area contributed by atoms with Gasteiger partial charge >= 0.3 is 5.97 Å². The number of aromatic nitrogens is 1. The zero-order valence-electron chi connectivity index (χ0n) is 10.2. The van der Waals surface area contributed by atoms with E-state index in [0.29, 0.717) is 23.2 Å². The first-order valence-electron chi connectivity index (χ1n) is 5.82. The Kier molecular flexibility index (Phi) is 2.45. The molecule has 2 heterocycles. The average molecular weight is 261 g/mol. The van der Waals surface area contributed by atoms with Crippen LogP contribution in [0.2, 0.25) is 0 Å². The molecule has 1 N–H and O–H groups in total. The molecule has 2 aromatic rings. The second-order valence-electron chi connectivity index (χ2n) is 4.15. The van der Waals surface area contributed by atoms with Crippen LogP contribution in [0.4, 0.5) is 0 Å². The predicted molar refractivity (Wildman–Crippen MR) is 67.0 cm³/mol. The molecule has 1 aliphatic rings. The van der Waals surface area contributed by atoms with Crippen LogP contribution in [0.25, 0.3) is 10.9 Å². The number of aryl methyl sites for hydroxylation is 1. The van der Waals surface area contributed by atoms with E-state index < -0.39 is 5.97 Å². The van der Waals surface area contributed by atoms with Gasteiger partial charge < -0.3 is 19.1 Å². The third-order valence-electron chi connectivity index (χ3n) is 3.15. The summed E-state index contributed by atoms with van der Waals surface area (Å²) in [7, 11) is 0. The van der Waals surface area contributed by atoms with E-state index in [9.17, 15) is 14.7 Å². The number of carboxylic acids is 1. The van der Waals surface area contributed by atoms with Crippen LogP contribution in [0.1, 0.15) is 17.3 Å². The molecule has 3 rings (SSSR count). The van der Waals surface area contributed by atoms with E-state index >= 15 is 0 Å². The van der Waals surface area contributed by atoms with Gasteiger partial charge in [-0.05, 0) is 13.0 Å². The molecule has 0 spiro atoms. The van der Waals surface area contributed by atoms with E-state index in [0.717, 1.165) is 0 Å². The van der Waals surface area contributed by atoms with Crippen molar-refractivity contribution in [2.24, 2.45) is 0 Å². The summed E-state index contributed by atoms with van der Waals surface area (Å²) in [4.78, 5) is 23.4. The third-order valence-corrected chi connectivity index (χ3v) is 3.15. The molecule has 0 unspecified atom stereocenters. The molecule has 1 aliphatic heterocycles. The van der Waals surface area contributed by atoms with Gasteiger partial charge in [-0.2, -0.15) is 0 Å². The van der Waals surface area contributed by atoms with Gasteiger partial charge in [0.1, 0.15) is 5.56 Å². The highest BCUT2D eigenvalue weighted by Crippen LogP contribution is 2.39. The first kappa shape index (κ1) is 11.6. The molecule has 0 atom stereocenters. The molecule has 19 heavy (non-hydrogen) atoms. The second-order valence-corrected chi connectivity index (χ2v) is 4.15. The lowest BCUT2D eigenvalue weighted by molar-refractivity contribution is 0.0694. The molecule has 0 saturated carbocycles. The fourth-order valence-corrected chi connectivity index (χ4v) is 2.30. The Bertz CT molecular complexity index is 747. The fourth-order valence-electron chi connectivity index (χ4n) is 2.30. The van der Waals surface area contributed by atoms with Crippen molar-refractivity contribution in [2.75, 3.05) is 6.79 Å². The van der Waals surface area contributed by atoms with Crippen LogP contribution in [0.15, 0.2) is 23.1 Å². The average Bonchev–Trinajstić information content (AvgIpc) is 2.84. The summed E-state index contributed by atoms with van der Waals surface area (Å²) in [6.07, 6.45) is 1.58. The molecule has 1 aromatic heterocycles. The minimum atomic E-state index is -1.14. The van der Waals surface area contributed by atoms with Crippen molar-refractivity contribution >= 4 is 16.9 Å². The Morgan fingerprint density at radius 1 is 1.47 bits per heavy atom. The number of pyridine rings is 1. The van der Waals surface area contributed by atoms with Crippen molar-refractivity contribution in [3.05, 3.63) is 34.1 Å². The van der Waals surface area contributed by atoms with Gasteiger partial charge in [-0.15, -0.1) is 0 Å². The van der Waals surface area contributed by atoms with Gasteiger partial charge in [0.25, 0.3) is 0 Å². The second kappa shape index (κ2) is 4.01. The van der Waals surface area contributed by atoms with Crippen LogP contribution >= 0.6 is 0 Å². The first-order chi connectivity index (χ1) is 9.13. The van der Waals surface area contributed by atoms with Crippen molar-refractivity contribution in [3.8, 4) is 11.5 Å². The molecule has 0 saturated heterocycles. The summed E-state index contributed by atoms with van der Waals surface area (Å²) in [6.45, 7) is 2.39. The monoisotopic (exact) mass is 261 g/mol. The zero-order chi connectivity index (χ0) is 13.6. The number of hydrogen-bond donors (Lipinski definition) is 1. The molecule has 0 fully saturated rings. The highest BCUT2D eigenvalue weighted by molar-refractivity contribution is 6.06. The Hall–Kier alpha value is -2.50. The predicted octanol–water partition coefficient (Wildman–Crippen LogP) is 1.45. The van der Waals surface area contributed by atoms with Gasteiger partial charge in [-0.1, -0.05) is 0 Å². The minimum absolute atomic E-state index is 0.0236. The summed E-state index contributed by atoms with van der Waals surface area (Å²) in [6, 6.07) is 2.96. The smallest absolute Gasteiger partial charge is 0.341 e. The number of nitrogens with zero attached hydrogens (tertiary/aromatic N) is 1. The number of carbonyl (C=O) groups is 1. The van der Waals surface area contributed by atoms with E-state index in [2.05, 4.69) is 0 Å². The van der Waals surface area contributed by atoms with Crippen molar-refractivity contribution in [1.29, 1.82) is 0 Å². The molecule has 0 amide bonds. The number of fused-ring (bicyclic) bond motifs is 2. The molecule has 6 nitrogen and oxygen atoms in total. The lowest BCUT2D eigenvalue weighted by atomic mass is 10.1. The quantitative estimate of drug-likeness (QED) is 0.885. The van der Waals surface area contributed by atoms with Gasteiger partial charge in [0.2, 0.25) is 6.79 Å². The van der Waals surface area contributed by atoms with Crippen molar-refractivity contribution < 1.29 is 19.4 Å². The largest absolute Gasteiger partial charge is 0.477 e. The number of carboxylic acid groups (broad SMARTS) is 1. The first-order valence-corrected chi connectivity index (χ1v) is 5.82. The van der Waals surface area contributed by atoms with Crippen LogP contribution in [-0.4, -0.2) is 22.4 Å². The summed E-state index contributed by atoms with van der Waals surface area (Å²) in [5, 5.41) is 9.73. The standard InChI is InChI=1S/C13H11NO5/c1-2-14-4-3-8(15)7-5-9-12(19-6-18-9)10(11(7)14)13(16)17/h3-5H,2,6H2,1H3,(H,16,17). The lowest BCUT2D eigenvalue weighted by Gasteiger charge is -2.12. The number of hydrogen-bond acceptors (Lipinski definition) is 4. The Morgan fingerprint density at radius 2 is 2.26 bits per heavy atom. The molecule has 6 heteroatoms. The molecule has 98 valence electrons. The van der Waals surface area contributed by atoms with Crippen molar-refractivity contribution in [3.63, 3.8) is 0 Å². The van der Waals surface area contributed by atoms with Gasteiger partial charge in [0, 0.05) is 18.8 Å². The maximum atomic E-state index is 11.9. The summed E-state index contributed by atoms with van der Waals surface area (Å²) in [5.74, 6) is -0.649. The Morgan fingerprint density at radius 3 is 2.95 bits per heavy atom. The molecular formula is C13H11NO5. The van der Waals surface area contributed by atoms with E-state index in [1.807, 2.05) is 6.92 Å². The lowest BCUT2D eigenvalue weighted by Crippen LogP contribution is -2.12. The normalized spacial score (nSPS) is 12.9.